The van der Waals surface area contributed by atoms with Crippen LogP contribution in [0, 0.1) is 0 Å². The Balaban J connectivity index is 1.52. The summed E-state index contributed by atoms with van der Waals surface area (Å²) < 4.78 is 5.62. The van der Waals surface area contributed by atoms with E-state index in [9.17, 15) is 4.79 Å². The minimum Gasteiger partial charge on any atom is -0.468 e. The van der Waals surface area contributed by atoms with Crippen LogP contribution in [0.5, 0.6) is 0 Å². The first kappa shape index (κ1) is 16.8. The van der Waals surface area contributed by atoms with Gasteiger partial charge >= 0.3 is 0 Å². The van der Waals surface area contributed by atoms with Crippen LogP contribution in [0.3, 0.4) is 0 Å². The molecule has 1 amide bonds. The van der Waals surface area contributed by atoms with Crippen LogP contribution in [-0.4, -0.2) is 30.4 Å². The zero-order valence-electron chi connectivity index (χ0n) is 14.1. The summed E-state index contributed by atoms with van der Waals surface area (Å²) in [7, 11) is 0. The van der Waals surface area contributed by atoms with E-state index in [0.717, 1.165) is 25.3 Å². The van der Waals surface area contributed by atoms with Crippen LogP contribution in [-0.2, 0) is 11.2 Å². The molecule has 4 heteroatoms. The molecule has 1 saturated heterocycles. The van der Waals surface area contributed by atoms with Gasteiger partial charge in [-0.3, -0.25) is 9.69 Å². The van der Waals surface area contributed by atoms with Gasteiger partial charge in [0.05, 0.1) is 12.3 Å². The maximum atomic E-state index is 12.2. The van der Waals surface area contributed by atoms with E-state index in [2.05, 4.69) is 22.3 Å². The molecule has 24 heavy (non-hydrogen) atoms. The van der Waals surface area contributed by atoms with Gasteiger partial charge in [-0.05, 0) is 50.0 Å². The number of hydrogen-bond donors (Lipinski definition) is 1. The van der Waals surface area contributed by atoms with E-state index in [0.29, 0.717) is 13.0 Å². The van der Waals surface area contributed by atoms with E-state index in [4.69, 9.17) is 4.42 Å². The highest BCUT2D eigenvalue weighted by molar-refractivity contribution is 5.76. The van der Waals surface area contributed by atoms with E-state index >= 15 is 0 Å². The third-order valence-electron chi connectivity index (χ3n) is 4.68. The SMILES string of the molecule is O=C(CCc1ccccc1)NCC(c1ccco1)N1CCCCC1. The van der Waals surface area contributed by atoms with Crippen molar-refractivity contribution < 1.29 is 9.21 Å². The van der Waals surface area contributed by atoms with Crippen molar-refractivity contribution in [1.82, 2.24) is 10.2 Å². The average Bonchev–Trinajstić information content (AvgIpc) is 3.16. The summed E-state index contributed by atoms with van der Waals surface area (Å²) >= 11 is 0. The lowest BCUT2D eigenvalue weighted by Gasteiger charge is -2.33. The summed E-state index contributed by atoms with van der Waals surface area (Å²) in [6.07, 6.45) is 6.75. The second-order valence-electron chi connectivity index (χ2n) is 6.42. The van der Waals surface area contributed by atoms with Crippen LogP contribution in [0.1, 0.15) is 43.0 Å². The van der Waals surface area contributed by atoms with Gasteiger partial charge in [0, 0.05) is 13.0 Å². The molecule has 1 fully saturated rings. The number of amides is 1. The van der Waals surface area contributed by atoms with Crippen LogP contribution in [0.15, 0.2) is 53.1 Å². The highest BCUT2D eigenvalue weighted by Crippen LogP contribution is 2.24. The van der Waals surface area contributed by atoms with Crippen LogP contribution in [0.2, 0.25) is 0 Å². The van der Waals surface area contributed by atoms with Gasteiger partial charge in [0.1, 0.15) is 5.76 Å². The second kappa shape index (κ2) is 8.69. The fourth-order valence-electron chi connectivity index (χ4n) is 3.32. The smallest absolute Gasteiger partial charge is 0.220 e. The van der Waals surface area contributed by atoms with E-state index in [-0.39, 0.29) is 11.9 Å². The molecule has 2 aromatic rings. The standard InChI is InChI=1S/C20H26N2O2/c23-20(12-11-17-8-3-1-4-9-17)21-16-18(19-10-7-15-24-19)22-13-5-2-6-14-22/h1,3-4,7-10,15,18H,2,5-6,11-14,16H2,(H,21,23). The summed E-state index contributed by atoms with van der Waals surface area (Å²) in [5, 5.41) is 3.10. The maximum absolute atomic E-state index is 12.2. The van der Waals surface area contributed by atoms with Gasteiger partial charge in [-0.1, -0.05) is 36.8 Å². The predicted octanol–water partition coefficient (Wildman–Crippen LogP) is 3.56. The lowest BCUT2D eigenvalue weighted by atomic mass is 10.1. The first-order valence-electron chi connectivity index (χ1n) is 8.91. The number of nitrogens with zero attached hydrogens (tertiary/aromatic N) is 1. The highest BCUT2D eigenvalue weighted by Gasteiger charge is 2.24. The van der Waals surface area contributed by atoms with Crippen molar-refractivity contribution in [3.63, 3.8) is 0 Å². The molecule has 0 bridgehead atoms. The van der Waals surface area contributed by atoms with Crippen molar-refractivity contribution >= 4 is 5.91 Å². The molecule has 0 radical (unpaired) electrons. The van der Waals surface area contributed by atoms with Crippen molar-refractivity contribution in [3.05, 3.63) is 60.1 Å². The first-order valence-corrected chi connectivity index (χ1v) is 8.91. The number of aryl methyl sites for hydroxylation is 1. The van der Waals surface area contributed by atoms with Crippen LogP contribution in [0.25, 0.3) is 0 Å². The number of piperidine rings is 1. The Kier molecular flexibility index (Phi) is 6.07. The van der Waals surface area contributed by atoms with E-state index in [1.807, 2.05) is 30.3 Å². The summed E-state index contributed by atoms with van der Waals surface area (Å²) in [4.78, 5) is 14.6. The lowest BCUT2D eigenvalue weighted by molar-refractivity contribution is -0.121. The Morgan fingerprint density at radius 3 is 2.58 bits per heavy atom. The average molecular weight is 326 g/mol. The van der Waals surface area contributed by atoms with E-state index < -0.39 is 0 Å². The molecule has 3 rings (SSSR count). The predicted molar refractivity (Wildman–Crippen MR) is 94.6 cm³/mol. The number of carbonyl (C=O) groups excluding carboxylic acids is 1. The maximum Gasteiger partial charge on any atom is 0.220 e. The van der Waals surface area contributed by atoms with Crippen LogP contribution >= 0.6 is 0 Å². The molecule has 1 aliphatic rings. The molecule has 1 aliphatic heterocycles. The second-order valence-corrected chi connectivity index (χ2v) is 6.42. The van der Waals surface area contributed by atoms with Crippen molar-refractivity contribution in [2.75, 3.05) is 19.6 Å². The van der Waals surface area contributed by atoms with Crippen LogP contribution in [0.4, 0.5) is 0 Å². The van der Waals surface area contributed by atoms with Crippen molar-refractivity contribution in [2.45, 2.75) is 38.1 Å². The monoisotopic (exact) mass is 326 g/mol. The number of rotatable bonds is 7. The molecule has 128 valence electrons. The molecule has 1 N–H and O–H groups in total. The van der Waals surface area contributed by atoms with E-state index in [1.54, 1.807) is 6.26 Å². The first-order chi connectivity index (χ1) is 11.8. The Labute approximate surface area is 143 Å². The van der Waals surface area contributed by atoms with Crippen molar-refractivity contribution in [1.29, 1.82) is 0 Å². The highest BCUT2D eigenvalue weighted by atomic mass is 16.3. The number of furan rings is 1. The molecule has 0 aliphatic carbocycles. The quantitative estimate of drug-likeness (QED) is 0.846. The number of likely N-dealkylation sites (tertiary alicyclic amines) is 1. The topological polar surface area (TPSA) is 45.5 Å². The molecule has 2 heterocycles. The Hall–Kier alpha value is -2.07. The number of benzene rings is 1. The molecule has 1 unspecified atom stereocenters. The van der Waals surface area contributed by atoms with Gasteiger partial charge in [0.25, 0.3) is 0 Å². The molecule has 4 nitrogen and oxygen atoms in total. The molecular weight excluding hydrogens is 300 g/mol. The van der Waals surface area contributed by atoms with Gasteiger partial charge in [-0.25, -0.2) is 0 Å². The third kappa shape index (κ3) is 4.71. The largest absolute Gasteiger partial charge is 0.468 e. The summed E-state index contributed by atoms with van der Waals surface area (Å²) in [6, 6.07) is 14.2. The van der Waals surface area contributed by atoms with Gasteiger partial charge in [0.2, 0.25) is 5.91 Å². The Bertz CT molecular complexity index is 604. The molecule has 0 spiro atoms. The molecule has 1 atom stereocenters. The van der Waals surface area contributed by atoms with Gasteiger partial charge < -0.3 is 9.73 Å². The summed E-state index contributed by atoms with van der Waals surface area (Å²) in [5.41, 5.74) is 1.20. The molecular formula is C20H26N2O2. The molecule has 0 saturated carbocycles. The van der Waals surface area contributed by atoms with Gasteiger partial charge in [0.15, 0.2) is 0 Å². The number of nitrogens with one attached hydrogen (secondary N) is 1. The minimum atomic E-state index is 0.104. The summed E-state index contributed by atoms with van der Waals surface area (Å²) in [5.74, 6) is 1.05. The van der Waals surface area contributed by atoms with Crippen molar-refractivity contribution in [3.8, 4) is 0 Å². The van der Waals surface area contributed by atoms with Gasteiger partial charge in [-0.2, -0.15) is 0 Å². The lowest BCUT2D eigenvalue weighted by Crippen LogP contribution is -2.40. The third-order valence-corrected chi connectivity index (χ3v) is 4.68. The Morgan fingerprint density at radius 2 is 1.88 bits per heavy atom. The minimum absolute atomic E-state index is 0.104. The van der Waals surface area contributed by atoms with Crippen LogP contribution < -0.4 is 5.32 Å². The fourth-order valence-corrected chi connectivity index (χ4v) is 3.32. The zero-order valence-corrected chi connectivity index (χ0v) is 14.1. The fraction of sp³-hybridized carbons (Fsp3) is 0.450. The Morgan fingerprint density at radius 1 is 1.08 bits per heavy atom. The molecule has 1 aromatic heterocycles. The normalized spacial score (nSPS) is 16.7. The number of hydrogen-bond acceptors (Lipinski definition) is 3. The van der Waals surface area contributed by atoms with Gasteiger partial charge in [-0.15, -0.1) is 0 Å². The zero-order chi connectivity index (χ0) is 16.6. The van der Waals surface area contributed by atoms with E-state index in [1.165, 1.54) is 24.8 Å². The molecule has 1 aromatic carbocycles. The summed E-state index contributed by atoms with van der Waals surface area (Å²) in [6.45, 7) is 2.76. The van der Waals surface area contributed by atoms with Crippen molar-refractivity contribution in [2.24, 2.45) is 0 Å². The number of carbonyl (C=O) groups is 1.